The lowest BCUT2D eigenvalue weighted by Crippen LogP contribution is -1.88. The van der Waals surface area contributed by atoms with Crippen LogP contribution in [-0.4, -0.2) is 15.2 Å². The number of aromatic amines is 1. The van der Waals surface area contributed by atoms with Crippen molar-refractivity contribution in [3.05, 3.63) is 24.0 Å². The Kier molecular flexibility index (Phi) is 1.78. The minimum atomic E-state index is 0.890. The molecule has 0 aliphatic rings. The Morgan fingerprint density at radius 3 is 3.17 bits per heavy atom. The third kappa shape index (κ3) is 1.18. The van der Waals surface area contributed by atoms with Crippen molar-refractivity contribution in [2.45, 2.75) is 19.8 Å². The van der Waals surface area contributed by atoms with Gasteiger partial charge in [-0.2, -0.15) is 5.10 Å². The minimum absolute atomic E-state index is 0.890. The number of aromatic nitrogens is 3. The van der Waals surface area contributed by atoms with Crippen LogP contribution in [0.1, 0.15) is 19.0 Å². The molecule has 2 aromatic heterocycles. The first kappa shape index (κ1) is 7.28. The molecule has 2 aromatic rings. The van der Waals surface area contributed by atoms with E-state index in [0.717, 1.165) is 29.6 Å². The zero-order valence-electron chi connectivity index (χ0n) is 7.04. The van der Waals surface area contributed by atoms with E-state index in [-0.39, 0.29) is 0 Å². The number of aryl methyl sites for hydroxylation is 1. The monoisotopic (exact) mass is 161 g/mol. The van der Waals surface area contributed by atoms with Crippen molar-refractivity contribution in [3.8, 4) is 0 Å². The molecular formula is C9H11N3. The molecule has 2 rings (SSSR count). The highest BCUT2D eigenvalue weighted by Crippen LogP contribution is 2.09. The van der Waals surface area contributed by atoms with E-state index in [0.29, 0.717) is 0 Å². The highest BCUT2D eigenvalue weighted by Gasteiger charge is 1.97. The van der Waals surface area contributed by atoms with Gasteiger partial charge in [-0.25, -0.2) is 4.98 Å². The summed E-state index contributed by atoms with van der Waals surface area (Å²) in [5.74, 6) is 0. The molecule has 0 aliphatic heterocycles. The molecule has 0 saturated carbocycles. The van der Waals surface area contributed by atoms with Gasteiger partial charge in [-0.15, -0.1) is 0 Å². The first-order chi connectivity index (χ1) is 5.90. The van der Waals surface area contributed by atoms with Gasteiger partial charge in [0, 0.05) is 11.1 Å². The second-order valence-electron chi connectivity index (χ2n) is 2.86. The summed E-state index contributed by atoms with van der Waals surface area (Å²) < 4.78 is 0. The number of H-pyrrole nitrogens is 1. The predicted octanol–water partition coefficient (Wildman–Crippen LogP) is 1.91. The second-order valence-corrected chi connectivity index (χ2v) is 2.86. The average Bonchev–Trinajstić information content (AvgIpc) is 2.51. The SMILES string of the molecule is CCCc1ccc2cn[nH]c2n1. The molecule has 0 atom stereocenters. The van der Waals surface area contributed by atoms with Gasteiger partial charge < -0.3 is 0 Å². The van der Waals surface area contributed by atoms with Crippen LogP contribution in [0.3, 0.4) is 0 Å². The molecule has 12 heavy (non-hydrogen) atoms. The molecule has 0 spiro atoms. The predicted molar refractivity (Wildman–Crippen MR) is 47.9 cm³/mol. The van der Waals surface area contributed by atoms with Crippen molar-refractivity contribution in [1.82, 2.24) is 15.2 Å². The molecule has 0 aliphatic carbocycles. The van der Waals surface area contributed by atoms with Gasteiger partial charge in [0.05, 0.1) is 6.20 Å². The molecule has 0 amide bonds. The molecule has 3 nitrogen and oxygen atoms in total. The summed E-state index contributed by atoms with van der Waals surface area (Å²) in [7, 11) is 0. The van der Waals surface area contributed by atoms with E-state index < -0.39 is 0 Å². The summed E-state index contributed by atoms with van der Waals surface area (Å²) in [6, 6.07) is 4.11. The third-order valence-electron chi connectivity index (χ3n) is 1.86. The lowest BCUT2D eigenvalue weighted by atomic mass is 10.2. The third-order valence-corrected chi connectivity index (χ3v) is 1.86. The standard InChI is InChI=1S/C9H11N3/c1-2-3-8-5-4-7-6-10-12-9(7)11-8/h4-6H,2-3H2,1H3,(H,10,11,12). The first-order valence-corrected chi connectivity index (χ1v) is 4.19. The summed E-state index contributed by atoms with van der Waals surface area (Å²) in [5, 5.41) is 7.85. The molecule has 62 valence electrons. The van der Waals surface area contributed by atoms with Gasteiger partial charge in [-0.3, -0.25) is 5.10 Å². The molecule has 0 aromatic carbocycles. The number of fused-ring (bicyclic) bond motifs is 1. The quantitative estimate of drug-likeness (QED) is 0.731. The van der Waals surface area contributed by atoms with Crippen molar-refractivity contribution >= 4 is 11.0 Å². The van der Waals surface area contributed by atoms with Gasteiger partial charge in [-0.1, -0.05) is 13.3 Å². The lowest BCUT2D eigenvalue weighted by molar-refractivity contribution is 0.886. The Labute approximate surface area is 70.8 Å². The Balaban J connectivity index is 2.46. The van der Waals surface area contributed by atoms with E-state index in [2.05, 4.69) is 34.2 Å². The Bertz CT molecular complexity index is 378. The summed E-state index contributed by atoms with van der Waals surface area (Å²) in [5.41, 5.74) is 2.02. The fourth-order valence-corrected chi connectivity index (χ4v) is 1.26. The van der Waals surface area contributed by atoms with E-state index in [4.69, 9.17) is 0 Å². The first-order valence-electron chi connectivity index (χ1n) is 4.19. The average molecular weight is 161 g/mol. The van der Waals surface area contributed by atoms with Gasteiger partial charge in [0.1, 0.15) is 0 Å². The fraction of sp³-hybridized carbons (Fsp3) is 0.333. The van der Waals surface area contributed by atoms with Crippen molar-refractivity contribution in [1.29, 1.82) is 0 Å². The van der Waals surface area contributed by atoms with Crippen molar-refractivity contribution < 1.29 is 0 Å². The smallest absolute Gasteiger partial charge is 0.155 e. The van der Waals surface area contributed by atoms with E-state index in [1.165, 1.54) is 0 Å². The van der Waals surface area contributed by atoms with Crippen LogP contribution in [0.25, 0.3) is 11.0 Å². The highest BCUT2D eigenvalue weighted by atomic mass is 15.1. The normalized spacial score (nSPS) is 10.8. The van der Waals surface area contributed by atoms with E-state index in [9.17, 15) is 0 Å². The molecular weight excluding hydrogens is 150 g/mol. The molecule has 0 unspecified atom stereocenters. The summed E-state index contributed by atoms with van der Waals surface area (Å²) in [6.45, 7) is 2.15. The zero-order valence-corrected chi connectivity index (χ0v) is 7.04. The van der Waals surface area contributed by atoms with E-state index in [1.54, 1.807) is 6.20 Å². The lowest BCUT2D eigenvalue weighted by Gasteiger charge is -1.95. The Hall–Kier alpha value is -1.38. The topological polar surface area (TPSA) is 41.6 Å². The number of hydrogen-bond acceptors (Lipinski definition) is 2. The molecule has 2 heterocycles. The Morgan fingerprint density at radius 1 is 1.42 bits per heavy atom. The molecule has 0 saturated heterocycles. The van der Waals surface area contributed by atoms with Crippen molar-refractivity contribution in [2.75, 3.05) is 0 Å². The second kappa shape index (κ2) is 2.93. The van der Waals surface area contributed by atoms with Crippen LogP contribution in [-0.2, 0) is 6.42 Å². The largest absolute Gasteiger partial charge is 0.261 e. The molecule has 0 bridgehead atoms. The van der Waals surface area contributed by atoms with E-state index >= 15 is 0 Å². The molecule has 3 heteroatoms. The highest BCUT2D eigenvalue weighted by molar-refractivity contribution is 5.73. The van der Waals surface area contributed by atoms with Crippen molar-refractivity contribution in [2.24, 2.45) is 0 Å². The maximum absolute atomic E-state index is 4.41. The number of hydrogen-bond donors (Lipinski definition) is 1. The van der Waals surface area contributed by atoms with Crippen LogP contribution < -0.4 is 0 Å². The zero-order chi connectivity index (χ0) is 8.39. The summed E-state index contributed by atoms with van der Waals surface area (Å²) in [4.78, 5) is 4.41. The van der Waals surface area contributed by atoms with Gasteiger partial charge in [0.2, 0.25) is 0 Å². The van der Waals surface area contributed by atoms with Crippen LogP contribution in [0.4, 0.5) is 0 Å². The minimum Gasteiger partial charge on any atom is -0.261 e. The number of rotatable bonds is 2. The summed E-state index contributed by atoms with van der Waals surface area (Å²) in [6.07, 6.45) is 3.96. The van der Waals surface area contributed by atoms with Crippen molar-refractivity contribution in [3.63, 3.8) is 0 Å². The van der Waals surface area contributed by atoms with Gasteiger partial charge in [0.15, 0.2) is 5.65 Å². The van der Waals surface area contributed by atoms with Gasteiger partial charge in [0.25, 0.3) is 0 Å². The molecule has 0 fully saturated rings. The maximum Gasteiger partial charge on any atom is 0.155 e. The van der Waals surface area contributed by atoms with Crippen LogP contribution in [0, 0.1) is 0 Å². The van der Waals surface area contributed by atoms with Crippen LogP contribution in [0.5, 0.6) is 0 Å². The van der Waals surface area contributed by atoms with Crippen LogP contribution in [0.2, 0.25) is 0 Å². The van der Waals surface area contributed by atoms with Gasteiger partial charge >= 0.3 is 0 Å². The number of pyridine rings is 1. The summed E-state index contributed by atoms with van der Waals surface area (Å²) >= 11 is 0. The fourth-order valence-electron chi connectivity index (χ4n) is 1.26. The van der Waals surface area contributed by atoms with E-state index in [1.807, 2.05) is 0 Å². The Morgan fingerprint density at radius 2 is 2.33 bits per heavy atom. The van der Waals surface area contributed by atoms with Crippen LogP contribution in [0.15, 0.2) is 18.3 Å². The number of nitrogens with zero attached hydrogens (tertiary/aromatic N) is 2. The number of nitrogens with one attached hydrogen (secondary N) is 1. The van der Waals surface area contributed by atoms with Gasteiger partial charge in [-0.05, 0) is 18.6 Å². The molecule has 0 radical (unpaired) electrons. The van der Waals surface area contributed by atoms with Crippen LogP contribution >= 0.6 is 0 Å². The molecule has 1 N–H and O–H groups in total. The maximum atomic E-state index is 4.41.